The number of benzene rings is 3. The SMILES string of the molecule is COc1ccc(CNC(=O)CN2c3cc(C)cc(C)c3-c3ccccc3S2(=O)=O)cc1OC. The molecule has 8 heteroatoms. The fourth-order valence-electron chi connectivity index (χ4n) is 4.19. The van der Waals surface area contributed by atoms with Crippen LogP contribution in [0.25, 0.3) is 11.1 Å². The number of rotatable bonds is 6. The van der Waals surface area contributed by atoms with Crippen LogP contribution in [0.1, 0.15) is 16.7 Å². The number of amides is 1. The first-order valence-electron chi connectivity index (χ1n) is 10.5. The first-order chi connectivity index (χ1) is 15.8. The molecule has 0 aromatic heterocycles. The number of methoxy groups -OCH3 is 2. The second kappa shape index (κ2) is 8.78. The van der Waals surface area contributed by atoms with Crippen LogP contribution < -0.4 is 19.1 Å². The number of carbonyl (C=O) groups is 1. The Morgan fingerprint density at radius 1 is 0.970 bits per heavy atom. The molecule has 3 aromatic carbocycles. The van der Waals surface area contributed by atoms with Gasteiger partial charge in [0.25, 0.3) is 10.0 Å². The number of nitrogens with zero attached hydrogens (tertiary/aromatic N) is 1. The molecule has 1 N–H and O–H groups in total. The lowest BCUT2D eigenvalue weighted by atomic mass is 9.96. The molecule has 7 nitrogen and oxygen atoms in total. The average Bonchev–Trinajstić information content (AvgIpc) is 2.79. The maximum absolute atomic E-state index is 13.5. The van der Waals surface area contributed by atoms with Crippen molar-refractivity contribution in [3.63, 3.8) is 0 Å². The van der Waals surface area contributed by atoms with Gasteiger partial charge in [0.15, 0.2) is 11.5 Å². The third-order valence-electron chi connectivity index (χ3n) is 5.68. The third-order valence-corrected chi connectivity index (χ3v) is 7.49. The van der Waals surface area contributed by atoms with Crippen molar-refractivity contribution in [1.29, 1.82) is 0 Å². The summed E-state index contributed by atoms with van der Waals surface area (Å²) in [7, 11) is -0.796. The fraction of sp³-hybridized carbons (Fsp3) is 0.240. The molecule has 1 heterocycles. The van der Waals surface area contributed by atoms with Crippen molar-refractivity contribution in [2.24, 2.45) is 0 Å². The number of fused-ring (bicyclic) bond motifs is 3. The average molecular weight is 467 g/mol. The van der Waals surface area contributed by atoms with Crippen molar-refractivity contribution in [2.45, 2.75) is 25.3 Å². The Kier molecular flexibility index (Phi) is 6.03. The molecule has 0 atom stereocenters. The molecular weight excluding hydrogens is 440 g/mol. The number of aryl methyl sites for hydroxylation is 2. The summed E-state index contributed by atoms with van der Waals surface area (Å²) in [5, 5.41) is 2.82. The van der Waals surface area contributed by atoms with Crippen LogP contribution in [0.15, 0.2) is 59.5 Å². The number of hydrogen-bond donors (Lipinski definition) is 1. The van der Waals surface area contributed by atoms with Crippen LogP contribution in [0.2, 0.25) is 0 Å². The molecule has 4 rings (SSSR count). The van der Waals surface area contributed by atoms with E-state index in [0.29, 0.717) is 22.7 Å². The summed E-state index contributed by atoms with van der Waals surface area (Å²) in [5.74, 6) is 0.741. The highest BCUT2D eigenvalue weighted by molar-refractivity contribution is 7.93. The number of anilines is 1. The smallest absolute Gasteiger partial charge is 0.265 e. The van der Waals surface area contributed by atoms with Gasteiger partial charge in [-0.15, -0.1) is 0 Å². The monoisotopic (exact) mass is 466 g/mol. The molecule has 0 fully saturated rings. The van der Waals surface area contributed by atoms with Gasteiger partial charge in [-0.1, -0.05) is 30.3 Å². The Morgan fingerprint density at radius 2 is 1.70 bits per heavy atom. The summed E-state index contributed by atoms with van der Waals surface area (Å²) < 4.78 is 38.7. The van der Waals surface area contributed by atoms with Crippen LogP contribution in [0.3, 0.4) is 0 Å². The molecule has 1 aliphatic heterocycles. The number of ether oxygens (including phenoxy) is 2. The maximum Gasteiger partial charge on any atom is 0.265 e. The van der Waals surface area contributed by atoms with Crippen molar-refractivity contribution in [3.05, 3.63) is 71.3 Å². The van der Waals surface area contributed by atoms with Gasteiger partial charge in [0, 0.05) is 17.7 Å². The molecular formula is C25H26N2O5S. The highest BCUT2D eigenvalue weighted by Crippen LogP contribution is 2.45. The van der Waals surface area contributed by atoms with Gasteiger partial charge in [-0.25, -0.2) is 8.42 Å². The van der Waals surface area contributed by atoms with Crippen LogP contribution >= 0.6 is 0 Å². The van der Waals surface area contributed by atoms with Gasteiger partial charge < -0.3 is 14.8 Å². The van der Waals surface area contributed by atoms with Gasteiger partial charge >= 0.3 is 0 Å². The molecule has 1 aliphatic rings. The molecule has 3 aromatic rings. The lowest BCUT2D eigenvalue weighted by molar-refractivity contribution is -0.119. The first kappa shape index (κ1) is 22.7. The van der Waals surface area contributed by atoms with Gasteiger partial charge in [0.05, 0.1) is 24.8 Å². The Labute approximate surface area is 194 Å². The first-order valence-corrected chi connectivity index (χ1v) is 11.9. The number of sulfonamides is 1. The van der Waals surface area contributed by atoms with E-state index in [4.69, 9.17) is 9.47 Å². The fourth-order valence-corrected chi connectivity index (χ4v) is 5.81. The van der Waals surface area contributed by atoms with Crippen LogP contribution in [0, 0.1) is 13.8 Å². The van der Waals surface area contributed by atoms with E-state index in [1.807, 2.05) is 44.2 Å². The Morgan fingerprint density at radius 3 is 2.42 bits per heavy atom. The molecule has 0 unspecified atom stereocenters. The van der Waals surface area contributed by atoms with Crippen LogP contribution in [-0.4, -0.2) is 35.1 Å². The van der Waals surface area contributed by atoms with E-state index < -0.39 is 15.9 Å². The summed E-state index contributed by atoms with van der Waals surface area (Å²) in [6.45, 7) is 3.77. The van der Waals surface area contributed by atoms with Gasteiger partial charge in [0.1, 0.15) is 6.54 Å². The minimum Gasteiger partial charge on any atom is -0.493 e. The van der Waals surface area contributed by atoms with Gasteiger partial charge in [0.2, 0.25) is 5.91 Å². The third kappa shape index (κ3) is 4.14. The van der Waals surface area contributed by atoms with Crippen molar-refractivity contribution in [1.82, 2.24) is 5.32 Å². The van der Waals surface area contributed by atoms with E-state index in [0.717, 1.165) is 22.3 Å². The molecule has 1 amide bonds. The maximum atomic E-state index is 13.5. The van der Waals surface area contributed by atoms with E-state index in [1.165, 1.54) is 4.31 Å². The lowest BCUT2D eigenvalue weighted by Crippen LogP contribution is -2.42. The van der Waals surface area contributed by atoms with Crippen LogP contribution in [-0.2, 0) is 21.4 Å². The zero-order valence-corrected chi connectivity index (χ0v) is 19.8. The van der Waals surface area contributed by atoms with Gasteiger partial charge in [-0.2, -0.15) is 0 Å². The zero-order valence-electron chi connectivity index (χ0n) is 19.0. The Hall–Kier alpha value is -3.52. The summed E-state index contributed by atoms with van der Waals surface area (Å²) in [4.78, 5) is 13.1. The summed E-state index contributed by atoms with van der Waals surface area (Å²) in [6, 6.07) is 16.1. The Bertz CT molecular complexity index is 1330. The van der Waals surface area contributed by atoms with E-state index in [9.17, 15) is 13.2 Å². The molecule has 0 saturated heterocycles. The summed E-state index contributed by atoms with van der Waals surface area (Å²) >= 11 is 0. The molecule has 0 spiro atoms. The largest absolute Gasteiger partial charge is 0.493 e. The lowest BCUT2D eigenvalue weighted by Gasteiger charge is -2.33. The predicted octanol–water partition coefficient (Wildman–Crippen LogP) is 3.81. The highest BCUT2D eigenvalue weighted by atomic mass is 32.2. The van der Waals surface area contributed by atoms with Crippen molar-refractivity contribution in [2.75, 3.05) is 25.1 Å². The summed E-state index contributed by atoms with van der Waals surface area (Å²) in [5.41, 5.74) is 4.71. The zero-order chi connectivity index (χ0) is 23.8. The normalized spacial score (nSPS) is 13.6. The van der Waals surface area contributed by atoms with Gasteiger partial charge in [-0.3, -0.25) is 9.10 Å². The second-order valence-electron chi connectivity index (χ2n) is 7.95. The topological polar surface area (TPSA) is 84.9 Å². The summed E-state index contributed by atoms with van der Waals surface area (Å²) in [6.07, 6.45) is 0. The molecule has 33 heavy (non-hydrogen) atoms. The minimum absolute atomic E-state index is 0.206. The highest BCUT2D eigenvalue weighted by Gasteiger charge is 2.36. The van der Waals surface area contributed by atoms with Crippen LogP contribution in [0.5, 0.6) is 11.5 Å². The quantitative estimate of drug-likeness (QED) is 0.597. The number of carbonyl (C=O) groups excluding carboxylic acids is 1. The van der Waals surface area contributed by atoms with E-state index in [2.05, 4.69) is 5.32 Å². The molecule has 172 valence electrons. The van der Waals surface area contributed by atoms with Crippen molar-refractivity contribution >= 4 is 21.6 Å². The molecule has 0 bridgehead atoms. The minimum atomic E-state index is -3.89. The second-order valence-corrected chi connectivity index (χ2v) is 9.78. The van der Waals surface area contributed by atoms with E-state index >= 15 is 0 Å². The molecule has 0 saturated carbocycles. The van der Waals surface area contributed by atoms with E-state index in [1.54, 1.807) is 38.5 Å². The molecule has 0 aliphatic carbocycles. The number of hydrogen-bond acceptors (Lipinski definition) is 5. The standard InChI is InChI=1S/C25H26N2O5S/c1-16-11-17(2)25-19-7-5-6-8-23(19)33(29,30)27(20(25)12-16)15-24(28)26-14-18-9-10-21(31-3)22(13-18)32-4/h5-13H,14-15H2,1-4H3,(H,26,28). The molecule has 0 radical (unpaired) electrons. The predicted molar refractivity (Wildman–Crippen MR) is 127 cm³/mol. The van der Waals surface area contributed by atoms with Crippen molar-refractivity contribution in [3.8, 4) is 22.6 Å². The van der Waals surface area contributed by atoms with Crippen LogP contribution in [0.4, 0.5) is 5.69 Å². The van der Waals surface area contributed by atoms with Gasteiger partial charge in [-0.05, 0) is 54.8 Å². The van der Waals surface area contributed by atoms with E-state index in [-0.39, 0.29) is 18.0 Å². The Balaban J connectivity index is 1.62. The number of nitrogens with one attached hydrogen (secondary N) is 1. The van der Waals surface area contributed by atoms with Crippen molar-refractivity contribution < 1.29 is 22.7 Å².